The number of anilines is 2. The van der Waals surface area contributed by atoms with Crippen molar-refractivity contribution in [2.45, 2.75) is 0 Å². The number of ether oxygens (including phenoxy) is 1. The van der Waals surface area contributed by atoms with E-state index in [-0.39, 0.29) is 0 Å². The maximum Gasteiger partial charge on any atom is 0.213 e. The number of nitrogens with one attached hydrogen (secondary N) is 1. The molecule has 0 bridgehead atoms. The number of nitrogens with zero attached hydrogens (tertiary/aromatic N) is 5. The first-order valence-corrected chi connectivity index (χ1v) is 4.79. The topological polar surface area (TPSA) is 88.7 Å². The van der Waals surface area contributed by atoms with E-state index in [2.05, 4.69) is 20.4 Å². The lowest BCUT2D eigenvalue weighted by Crippen LogP contribution is -1.99. The molecule has 0 fully saturated rings. The normalized spacial score (nSPS) is 9.71. The van der Waals surface area contributed by atoms with Gasteiger partial charge in [-0.25, -0.2) is 14.6 Å². The van der Waals surface area contributed by atoms with Gasteiger partial charge in [0.05, 0.1) is 13.3 Å². The summed E-state index contributed by atoms with van der Waals surface area (Å²) in [5, 5.41) is 16.0. The largest absolute Gasteiger partial charge is 0.481 e. The predicted octanol–water partition coefficient (Wildman–Crippen LogP) is 0.834. The van der Waals surface area contributed by atoms with Crippen LogP contribution < -0.4 is 10.1 Å². The zero-order chi connectivity index (χ0) is 12.3. The highest BCUT2D eigenvalue weighted by Crippen LogP contribution is 2.20. The van der Waals surface area contributed by atoms with Gasteiger partial charge in [0, 0.05) is 13.1 Å². The minimum atomic E-state index is 0.358. The lowest BCUT2D eigenvalue weighted by Gasteiger charge is -2.01. The van der Waals surface area contributed by atoms with Crippen LogP contribution in [-0.2, 0) is 7.05 Å². The third-order valence-electron chi connectivity index (χ3n) is 2.13. The summed E-state index contributed by atoms with van der Waals surface area (Å²) in [5.74, 6) is 1.59. The summed E-state index contributed by atoms with van der Waals surface area (Å²) in [5.41, 5.74) is 0.358. The SMILES string of the molecule is COc1cc(Nc2ncncc2C#N)nn1C. The van der Waals surface area contributed by atoms with Crippen LogP contribution in [-0.4, -0.2) is 26.9 Å². The van der Waals surface area contributed by atoms with Crippen molar-refractivity contribution < 1.29 is 4.74 Å². The number of methoxy groups -OCH3 is 1. The maximum atomic E-state index is 8.88. The summed E-state index contributed by atoms with van der Waals surface area (Å²) in [4.78, 5) is 7.75. The van der Waals surface area contributed by atoms with Crippen LogP contribution in [0.25, 0.3) is 0 Å². The highest BCUT2D eigenvalue weighted by molar-refractivity contribution is 5.59. The average molecular weight is 230 g/mol. The number of aryl methyl sites for hydroxylation is 1. The first-order chi connectivity index (χ1) is 8.24. The van der Waals surface area contributed by atoms with E-state index in [1.165, 1.54) is 12.5 Å². The smallest absolute Gasteiger partial charge is 0.213 e. The highest BCUT2D eigenvalue weighted by atomic mass is 16.5. The number of rotatable bonds is 3. The molecule has 0 aliphatic heterocycles. The molecule has 0 aromatic carbocycles. The van der Waals surface area contributed by atoms with E-state index in [1.807, 2.05) is 6.07 Å². The van der Waals surface area contributed by atoms with Crippen molar-refractivity contribution in [3.63, 3.8) is 0 Å². The Labute approximate surface area is 97.7 Å². The molecule has 2 heterocycles. The van der Waals surface area contributed by atoms with Gasteiger partial charge >= 0.3 is 0 Å². The van der Waals surface area contributed by atoms with Gasteiger partial charge in [0.2, 0.25) is 5.88 Å². The summed E-state index contributed by atoms with van der Waals surface area (Å²) < 4.78 is 6.66. The van der Waals surface area contributed by atoms with Crippen LogP contribution in [0.3, 0.4) is 0 Å². The van der Waals surface area contributed by atoms with Crippen LogP contribution >= 0.6 is 0 Å². The summed E-state index contributed by atoms with van der Waals surface area (Å²) in [6, 6.07) is 3.71. The van der Waals surface area contributed by atoms with Gasteiger partial charge in [-0.1, -0.05) is 0 Å². The molecule has 7 nitrogen and oxygen atoms in total. The van der Waals surface area contributed by atoms with Gasteiger partial charge in [-0.3, -0.25) is 0 Å². The molecule has 7 heteroatoms. The van der Waals surface area contributed by atoms with Crippen LogP contribution in [0.15, 0.2) is 18.6 Å². The molecule has 2 aromatic heterocycles. The molecule has 0 saturated carbocycles. The van der Waals surface area contributed by atoms with E-state index >= 15 is 0 Å². The van der Waals surface area contributed by atoms with E-state index < -0.39 is 0 Å². The molecule has 0 amide bonds. The van der Waals surface area contributed by atoms with Crippen molar-refractivity contribution in [2.24, 2.45) is 7.05 Å². The number of nitriles is 1. The molecular formula is C10H10N6O. The van der Waals surface area contributed by atoms with Gasteiger partial charge < -0.3 is 10.1 Å². The molecule has 0 atom stereocenters. The van der Waals surface area contributed by atoms with Crippen molar-refractivity contribution in [2.75, 3.05) is 12.4 Å². The molecule has 17 heavy (non-hydrogen) atoms. The van der Waals surface area contributed by atoms with Crippen LogP contribution in [0.1, 0.15) is 5.56 Å². The fraction of sp³-hybridized carbons (Fsp3) is 0.200. The molecule has 86 valence electrons. The van der Waals surface area contributed by atoms with E-state index in [4.69, 9.17) is 10.00 Å². The van der Waals surface area contributed by atoms with Crippen molar-refractivity contribution in [3.05, 3.63) is 24.2 Å². The van der Waals surface area contributed by atoms with Gasteiger partial charge in [-0.2, -0.15) is 10.4 Å². The molecule has 0 aliphatic rings. The molecule has 1 N–H and O–H groups in total. The van der Waals surface area contributed by atoms with Crippen molar-refractivity contribution in [3.8, 4) is 11.9 Å². The molecule has 0 saturated heterocycles. The molecule has 2 aromatic rings. The van der Waals surface area contributed by atoms with Crippen molar-refractivity contribution in [1.82, 2.24) is 19.7 Å². The lowest BCUT2D eigenvalue weighted by atomic mass is 10.3. The Morgan fingerprint density at radius 3 is 3.00 bits per heavy atom. The summed E-state index contributed by atoms with van der Waals surface area (Å²) >= 11 is 0. The predicted molar refractivity (Wildman–Crippen MR) is 59.8 cm³/mol. The molecule has 2 rings (SSSR count). The first-order valence-electron chi connectivity index (χ1n) is 4.79. The monoisotopic (exact) mass is 230 g/mol. The molecular weight excluding hydrogens is 220 g/mol. The van der Waals surface area contributed by atoms with E-state index in [1.54, 1.807) is 24.9 Å². The molecule has 0 radical (unpaired) electrons. The van der Waals surface area contributed by atoms with Crippen LogP contribution in [0, 0.1) is 11.3 Å². The summed E-state index contributed by atoms with van der Waals surface area (Å²) in [6.45, 7) is 0. The quantitative estimate of drug-likeness (QED) is 0.840. The zero-order valence-electron chi connectivity index (χ0n) is 9.38. The minimum Gasteiger partial charge on any atom is -0.481 e. The fourth-order valence-corrected chi connectivity index (χ4v) is 1.33. The molecule has 0 spiro atoms. The average Bonchev–Trinajstić information content (AvgIpc) is 2.70. The van der Waals surface area contributed by atoms with Crippen molar-refractivity contribution in [1.29, 1.82) is 5.26 Å². The van der Waals surface area contributed by atoms with Crippen LogP contribution in [0.2, 0.25) is 0 Å². The van der Waals surface area contributed by atoms with Crippen LogP contribution in [0.4, 0.5) is 11.6 Å². The standard InChI is InChI=1S/C10H10N6O/c1-16-9(17-2)3-8(15-16)14-10-7(4-11)5-12-6-13-10/h3,5-6H,1-2H3,(H,12,13,14,15). The van der Waals surface area contributed by atoms with Gasteiger partial charge in [0.15, 0.2) is 11.6 Å². The number of hydrogen-bond acceptors (Lipinski definition) is 6. The van der Waals surface area contributed by atoms with Gasteiger partial charge in [0.1, 0.15) is 18.0 Å². The lowest BCUT2D eigenvalue weighted by molar-refractivity contribution is 0.373. The highest BCUT2D eigenvalue weighted by Gasteiger charge is 2.08. The minimum absolute atomic E-state index is 0.358. The Kier molecular flexibility index (Phi) is 2.87. The maximum absolute atomic E-state index is 8.88. The molecule has 0 aliphatic carbocycles. The third kappa shape index (κ3) is 2.15. The second-order valence-corrected chi connectivity index (χ2v) is 3.22. The third-order valence-corrected chi connectivity index (χ3v) is 2.13. The fourth-order valence-electron chi connectivity index (χ4n) is 1.33. The zero-order valence-corrected chi connectivity index (χ0v) is 9.38. The second-order valence-electron chi connectivity index (χ2n) is 3.22. The second kappa shape index (κ2) is 4.49. The Hall–Kier alpha value is -2.62. The number of hydrogen-bond donors (Lipinski definition) is 1. The van der Waals surface area contributed by atoms with Gasteiger partial charge in [0.25, 0.3) is 0 Å². The van der Waals surface area contributed by atoms with E-state index in [9.17, 15) is 0 Å². The van der Waals surface area contributed by atoms with Crippen LogP contribution in [0.5, 0.6) is 5.88 Å². The van der Waals surface area contributed by atoms with Gasteiger partial charge in [-0.05, 0) is 0 Å². The molecule has 0 unspecified atom stereocenters. The van der Waals surface area contributed by atoms with Gasteiger partial charge in [-0.15, -0.1) is 0 Å². The van der Waals surface area contributed by atoms with Crippen molar-refractivity contribution >= 4 is 11.6 Å². The first kappa shape index (κ1) is 10.9. The summed E-state index contributed by atoms with van der Waals surface area (Å²) in [7, 11) is 3.32. The van der Waals surface area contributed by atoms with E-state index in [0.29, 0.717) is 23.1 Å². The Morgan fingerprint density at radius 1 is 1.53 bits per heavy atom. The number of aromatic nitrogens is 4. The Morgan fingerprint density at radius 2 is 2.35 bits per heavy atom. The summed E-state index contributed by atoms with van der Waals surface area (Å²) in [6.07, 6.45) is 2.80. The Bertz CT molecular complexity index is 570. The Balaban J connectivity index is 2.29. The van der Waals surface area contributed by atoms with E-state index in [0.717, 1.165) is 0 Å².